The van der Waals surface area contributed by atoms with Gasteiger partial charge in [0.15, 0.2) is 5.75 Å². The minimum absolute atomic E-state index is 0.00796. The second kappa shape index (κ2) is 7.46. The highest BCUT2D eigenvalue weighted by Crippen LogP contribution is 2.48. The van der Waals surface area contributed by atoms with Gasteiger partial charge in [-0.3, -0.25) is 20.2 Å². The topological polar surface area (TPSA) is 147 Å². The lowest BCUT2D eigenvalue weighted by Crippen LogP contribution is -2.11. The molecule has 0 atom stereocenters. The Balaban J connectivity index is 2.48. The summed E-state index contributed by atoms with van der Waals surface area (Å²) in [6.45, 7) is 3.08. The summed E-state index contributed by atoms with van der Waals surface area (Å²) in [5, 5.41) is 33.0. The van der Waals surface area contributed by atoms with Gasteiger partial charge in [-0.15, -0.1) is 0 Å². The number of nitrogens with zero attached hydrogens (tertiary/aromatic N) is 3. The third-order valence-corrected chi connectivity index (χ3v) is 4.21. The minimum atomic E-state index is -1.13. The number of para-hydroxylation sites is 1. The van der Waals surface area contributed by atoms with Gasteiger partial charge in [0, 0.05) is 11.8 Å². The number of hydrogen-bond acceptors (Lipinski definition) is 8. The maximum absolute atomic E-state index is 11.9. The van der Waals surface area contributed by atoms with Crippen LogP contribution in [-0.2, 0) is 4.74 Å². The van der Waals surface area contributed by atoms with Crippen molar-refractivity contribution in [1.82, 2.24) is 4.57 Å². The Bertz CT molecular complexity index is 1140. The monoisotopic (exact) mass is 401 g/mol. The van der Waals surface area contributed by atoms with Gasteiger partial charge in [0.1, 0.15) is 5.39 Å². The van der Waals surface area contributed by atoms with Crippen LogP contribution in [0, 0.1) is 27.2 Å². The summed E-state index contributed by atoms with van der Waals surface area (Å²) in [7, 11) is 0. The molecule has 2 aromatic carbocycles. The van der Waals surface area contributed by atoms with Crippen molar-refractivity contribution >= 4 is 28.4 Å². The lowest BCUT2D eigenvalue weighted by Gasteiger charge is -2.08. The largest absolute Gasteiger partial charge is 0.513 e. The van der Waals surface area contributed by atoms with Gasteiger partial charge in [0.05, 0.1) is 27.7 Å². The molecule has 0 aliphatic carbocycles. The van der Waals surface area contributed by atoms with E-state index in [0.29, 0.717) is 5.69 Å². The van der Waals surface area contributed by atoms with Gasteiger partial charge in [-0.05, 0) is 26.0 Å². The molecule has 11 nitrogen and oxygen atoms in total. The number of nitro groups is 2. The molecule has 150 valence electrons. The number of benzene rings is 2. The van der Waals surface area contributed by atoms with Crippen LogP contribution in [0.4, 0.5) is 16.2 Å². The molecular weight excluding hydrogens is 386 g/mol. The number of carbonyl (C=O) groups is 1. The summed E-state index contributed by atoms with van der Waals surface area (Å²) in [4.78, 5) is 33.0. The quantitative estimate of drug-likeness (QED) is 0.383. The molecule has 1 N–H and O–H groups in total. The van der Waals surface area contributed by atoms with Gasteiger partial charge < -0.3 is 19.1 Å². The van der Waals surface area contributed by atoms with Gasteiger partial charge >= 0.3 is 17.5 Å². The summed E-state index contributed by atoms with van der Waals surface area (Å²) in [5.41, 5.74) is -0.998. The van der Waals surface area contributed by atoms with Crippen LogP contribution in [0.1, 0.15) is 12.6 Å². The van der Waals surface area contributed by atoms with Crippen molar-refractivity contribution in [2.24, 2.45) is 0 Å². The zero-order chi connectivity index (χ0) is 21.3. The number of nitro benzene ring substituents is 2. The van der Waals surface area contributed by atoms with E-state index >= 15 is 0 Å². The van der Waals surface area contributed by atoms with Crippen molar-refractivity contribution in [3.8, 4) is 17.2 Å². The number of ether oxygens (including phenoxy) is 2. The molecule has 0 radical (unpaired) electrons. The Morgan fingerprint density at radius 2 is 1.83 bits per heavy atom. The Morgan fingerprint density at radius 1 is 1.17 bits per heavy atom. The van der Waals surface area contributed by atoms with Gasteiger partial charge in [-0.2, -0.15) is 0 Å². The number of phenols is 1. The highest BCUT2D eigenvalue weighted by molar-refractivity contribution is 6.02. The molecule has 0 aliphatic rings. The first-order chi connectivity index (χ1) is 13.8. The van der Waals surface area contributed by atoms with E-state index < -0.39 is 33.1 Å². The molecular formula is C18H15N3O8. The van der Waals surface area contributed by atoms with E-state index in [1.807, 2.05) is 0 Å². The Kier molecular flexibility index (Phi) is 5.05. The van der Waals surface area contributed by atoms with Crippen molar-refractivity contribution in [3.05, 3.63) is 62.3 Å². The van der Waals surface area contributed by atoms with E-state index in [1.54, 1.807) is 37.3 Å². The first-order valence-electron chi connectivity index (χ1n) is 8.37. The molecule has 0 bridgehead atoms. The molecule has 0 saturated heterocycles. The van der Waals surface area contributed by atoms with E-state index in [2.05, 4.69) is 0 Å². The van der Waals surface area contributed by atoms with Crippen LogP contribution < -0.4 is 4.74 Å². The molecule has 0 unspecified atom stereocenters. The van der Waals surface area contributed by atoms with Crippen LogP contribution in [0.2, 0.25) is 0 Å². The van der Waals surface area contributed by atoms with Crippen molar-refractivity contribution in [2.75, 3.05) is 6.61 Å². The molecule has 1 heterocycles. The Hall–Kier alpha value is -4.15. The normalized spacial score (nSPS) is 10.7. The van der Waals surface area contributed by atoms with E-state index in [-0.39, 0.29) is 29.0 Å². The van der Waals surface area contributed by atoms with Gasteiger partial charge in [0.25, 0.3) is 5.75 Å². The van der Waals surface area contributed by atoms with E-state index in [0.717, 1.165) is 6.07 Å². The number of rotatable bonds is 5. The minimum Gasteiger partial charge on any atom is -0.497 e. The lowest BCUT2D eigenvalue weighted by molar-refractivity contribution is -0.394. The second-order valence-corrected chi connectivity index (χ2v) is 5.87. The highest BCUT2D eigenvalue weighted by atomic mass is 16.7. The summed E-state index contributed by atoms with van der Waals surface area (Å²) < 4.78 is 11.4. The van der Waals surface area contributed by atoms with Crippen molar-refractivity contribution in [2.45, 2.75) is 13.8 Å². The lowest BCUT2D eigenvalue weighted by atomic mass is 10.1. The van der Waals surface area contributed by atoms with E-state index in [4.69, 9.17) is 9.47 Å². The number of carbonyl (C=O) groups excluding carboxylic acids is 1. The Morgan fingerprint density at radius 3 is 2.38 bits per heavy atom. The smallest absolute Gasteiger partial charge is 0.497 e. The molecule has 0 aliphatic heterocycles. The molecule has 29 heavy (non-hydrogen) atoms. The maximum Gasteiger partial charge on any atom is 0.513 e. The van der Waals surface area contributed by atoms with Crippen LogP contribution in [-0.4, -0.2) is 32.3 Å². The first-order valence-corrected chi connectivity index (χ1v) is 8.37. The summed E-state index contributed by atoms with van der Waals surface area (Å²) in [6, 6.07) is 9.49. The van der Waals surface area contributed by atoms with Gasteiger partial charge in [-0.25, -0.2) is 4.79 Å². The number of fused-ring (bicyclic) bond motifs is 1. The standard InChI is InChI=1S/C18H15N3O8/c1-3-28-18(23)29-17-10(2)19(11-7-5-4-6-8-11)12-9-13(20(24)25)16(22)15(14(12)17)21(26)27/h4-9,22H,3H2,1-2H3. The van der Waals surface area contributed by atoms with E-state index in [9.17, 15) is 30.1 Å². The molecule has 0 saturated carbocycles. The zero-order valence-corrected chi connectivity index (χ0v) is 15.3. The molecule has 3 rings (SSSR count). The SMILES string of the molecule is CCOC(=O)Oc1c(C)n(-c2ccccc2)c2cc([N+](=O)[O-])c(O)c([N+](=O)[O-])c12. The molecule has 0 spiro atoms. The summed E-state index contributed by atoms with van der Waals surface area (Å²) in [6.07, 6.45) is -1.10. The van der Waals surface area contributed by atoms with Crippen LogP contribution in [0.15, 0.2) is 36.4 Å². The molecule has 1 aromatic heterocycles. The van der Waals surface area contributed by atoms with Crippen LogP contribution >= 0.6 is 0 Å². The first kappa shape index (κ1) is 19.6. The fourth-order valence-corrected chi connectivity index (χ4v) is 3.08. The number of phenolic OH excluding ortho intramolecular Hbond substituents is 1. The summed E-state index contributed by atoms with van der Waals surface area (Å²) >= 11 is 0. The van der Waals surface area contributed by atoms with Crippen molar-refractivity contribution in [3.63, 3.8) is 0 Å². The van der Waals surface area contributed by atoms with Crippen LogP contribution in [0.5, 0.6) is 11.5 Å². The maximum atomic E-state index is 11.9. The molecule has 0 fully saturated rings. The molecule has 11 heteroatoms. The third kappa shape index (κ3) is 3.29. The van der Waals surface area contributed by atoms with Crippen molar-refractivity contribution < 1.29 is 29.2 Å². The predicted octanol–water partition coefficient (Wildman–Crippen LogP) is 4.00. The number of aromatic hydroxyl groups is 1. The van der Waals surface area contributed by atoms with Crippen molar-refractivity contribution in [1.29, 1.82) is 0 Å². The second-order valence-electron chi connectivity index (χ2n) is 5.87. The average Bonchev–Trinajstić information content (AvgIpc) is 2.93. The fraction of sp³-hybridized carbons (Fsp3) is 0.167. The van der Waals surface area contributed by atoms with Gasteiger partial charge in [0.2, 0.25) is 0 Å². The number of hydrogen-bond donors (Lipinski definition) is 1. The average molecular weight is 401 g/mol. The van der Waals surface area contributed by atoms with Crippen LogP contribution in [0.25, 0.3) is 16.6 Å². The third-order valence-electron chi connectivity index (χ3n) is 4.21. The molecule has 0 amide bonds. The highest BCUT2D eigenvalue weighted by Gasteiger charge is 2.35. The van der Waals surface area contributed by atoms with Gasteiger partial charge in [-0.1, -0.05) is 18.2 Å². The zero-order valence-electron chi connectivity index (χ0n) is 15.3. The summed E-state index contributed by atoms with van der Waals surface area (Å²) in [5.74, 6) is -1.37. The fourth-order valence-electron chi connectivity index (χ4n) is 3.08. The Labute approximate surface area is 163 Å². The van der Waals surface area contributed by atoms with Crippen LogP contribution in [0.3, 0.4) is 0 Å². The van der Waals surface area contributed by atoms with E-state index in [1.165, 1.54) is 11.5 Å². The number of aromatic nitrogens is 1. The predicted molar refractivity (Wildman–Crippen MR) is 101 cm³/mol. The molecule has 3 aromatic rings.